The van der Waals surface area contributed by atoms with Crippen molar-refractivity contribution in [3.05, 3.63) is 50.7 Å². The molecule has 1 atom stereocenters. The third kappa shape index (κ3) is 4.15. The Morgan fingerprint density at radius 2 is 1.81 bits per heavy atom. The van der Waals surface area contributed by atoms with E-state index < -0.39 is 12.1 Å². The Kier molecular flexibility index (Phi) is 5.77. The lowest BCUT2D eigenvalue weighted by atomic mass is 10.1. The van der Waals surface area contributed by atoms with Crippen LogP contribution in [0.15, 0.2) is 24.3 Å². The summed E-state index contributed by atoms with van der Waals surface area (Å²) in [5.41, 5.74) is 4.02. The SMILES string of the molecule is Cc1cccc(C)c1NC(=O)[C@H](C)OC(=O)c1cc2c(s1)CCCCC2. The fraction of sp³-hybridized carbons (Fsp3) is 0.429. The lowest BCUT2D eigenvalue weighted by Gasteiger charge is -2.15. The molecule has 1 N–H and O–H groups in total. The monoisotopic (exact) mass is 371 g/mol. The topological polar surface area (TPSA) is 55.4 Å². The first-order chi connectivity index (χ1) is 12.5. The van der Waals surface area contributed by atoms with Gasteiger partial charge in [-0.1, -0.05) is 24.6 Å². The van der Waals surface area contributed by atoms with Crippen molar-refractivity contribution in [1.29, 1.82) is 0 Å². The number of nitrogens with one attached hydrogen (secondary N) is 1. The number of para-hydroxylation sites is 1. The zero-order valence-electron chi connectivity index (χ0n) is 15.6. The number of thiophene rings is 1. The summed E-state index contributed by atoms with van der Waals surface area (Å²) in [7, 11) is 0. The number of rotatable bonds is 4. The van der Waals surface area contributed by atoms with Crippen LogP contribution in [0.1, 0.15) is 57.4 Å². The maximum Gasteiger partial charge on any atom is 0.349 e. The molecule has 0 spiro atoms. The molecule has 0 saturated heterocycles. The highest BCUT2D eigenvalue weighted by atomic mass is 32.1. The highest BCUT2D eigenvalue weighted by Gasteiger charge is 2.23. The molecule has 0 bridgehead atoms. The number of benzene rings is 1. The maximum absolute atomic E-state index is 12.5. The average molecular weight is 372 g/mol. The Morgan fingerprint density at radius 3 is 2.54 bits per heavy atom. The zero-order chi connectivity index (χ0) is 18.7. The number of carbonyl (C=O) groups is 2. The summed E-state index contributed by atoms with van der Waals surface area (Å²) >= 11 is 1.51. The van der Waals surface area contributed by atoms with Gasteiger partial charge in [-0.25, -0.2) is 4.79 Å². The molecule has 1 aliphatic rings. The number of hydrogen-bond donors (Lipinski definition) is 1. The molecule has 1 aliphatic carbocycles. The van der Waals surface area contributed by atoms with Gasteiger partial charge in [0, 0.05) is 10.6 Å². The van der Waals surface area contributed by atoms with Crippen LogP contribution in [0.2, 0.25) is 0 Å². The quantitative estimate of drug-likeness (QED) is 0.619. The third-order valence-corrected chi connectivity index (χ3v) is 6.05. The summed E-state index contributed by atoms with van der Waals surface area (Å²) in [6, 6.07) is 7.78. The van der Waals surface area contributed by atoms with Crippen LogP contribution in [-0.4, -0.2) is 18.0 Å². The predicted molar refractivity (Wildman–Crippen MR) is 105 cm³/mol. The van der Waals surface area contributed by atoms with Crippen LogP contribution >= 0.6 is 11.3 Å². The van der Waals surface area contributed by atoms with E-state index in [2.05, 4.69) is 5.32 Å². The van der Waals surface area contributed by atoms with E-state index in [0.717, 1.165) is 29.7 Å². The molecule has 0 radical (unpaired) electrons. The van der Waals surface area contributed by atoms with Gasteiger partial charge < -0.3 is 10.1 Å². The van der Waals surface area contributed by atoms with Crippen LogP contribution in [0, 0.1) is 13.8 Å². The molecule has 0 aliphatic heterocycles. The highest BCUT2D eigenvalue weighted by molar-refractivity contribution is 7.14. The number of anilines is 1. The number of ether oxygens (including phenoxy) is 1. The Labute approximate surface area is 158 Å². The standard InChI is InChI=1S/C21H25NO3S/c1-13-8-7-9-14(2)19(13)22-20(23)15(3)25-21(24)18-12-16-10-5-4-6-11-17(16)26-18/h7-9,12,15H,4-6,10-11H2,1-3H3,(H,22,23)/t15-/m0/s1. The van der Waals surface area contributed by atoms with Crippen LogP contribution < -0.4 is 5.32 Å². The largest absolute Gasteiger partial charge is 0.448 e. The number of aryl methyl sites for hydroxylation is 4. The molecule has 0 unspecified atom stereocenters. The molecule has 5 heteroatoms. The normalized spacial score (nSPS) is 14.9. The van der Waals surface area contributed by atoms with E-state index >= 15 is 0 Å². The van der Waals surface area contributed by atoms with Gasteiger partial charge in [0.2, 0.25) is 0 Å². The Bertz CT molecular complexity index is 781. The van der Waals surface area contributed by atoms with Gasteiger partial charge in [-0.05, 0) is 69.2 Å². The maximum atomic E-state index is 12.5. The second-order valence-corrected chi connectivity index (χ2v) is 8.06. The van der Waals surface area contributed by atoms with Crippen molar-refractivity contribution in [2.24, 2.45) is 0 Å². The molecule has 2 aromatic rings. The molecule has 138 valence electrons. The molecule has 0 saturated carbocycles. The van der Waals surface area contributed by atoms with Crippen molar-refractivity contribution in [3.8, 4) is 0 Å². The summed E-state index contributed by atoms with van der Waals surface area (Å²) in [6.45, 7) is 5.50. The number of amides is 1. The van der Waals surface area contributed by atoms with E-state index in [1.807, 2.05) is 38.1 Å². The van der Waals surface area contributed by atoms with E-state index in [1.54, 1.807) is 6.92 Å². The minimum absolute atomic E-state index is 0.311. The lowest BCUT2D eigenvalue weighted by molar-refractivity contribution is -0.123. The second-order valence-electron chi connectivity index (χ2n) is 6.92. The fourth-order valence-corrected chi connectivity index (χ4v) is 4.41. The van der Waals surface area contributed by atoms with E-state index in [9.17, 15) is 9.59 Å². The molecular weight excluding hydrogens is 346 g/mol. The van der Waals surface area contributed by atoms with Crippen molar-refractivity contribution in [2.45, 2.75) is 59.0 Å². The van der Waals surface area contributed by atoms with E-state index in [1.165, 1.54) is 41.0 Å². The van der Waals surface area contributed by atoms with Crippen LogP contribution in [-0.2, 0) is 22.4 Å². The summed E-state index contributed by atoms with van der Waals surface area (Å²) in [4.78, 5) is 26.8. The van der Waals surface area contributed by atoms with E-state index in [-0.39, 0.29) is 5.91 Å². The predicted octanol–water partition coefficient (Wildman–Crippen LogP) is 4.82. The molecular formula is C21H25NO3S. The number of carbonyl (C=O) groups excluding carboxylic acids is 2. The van der Waals surface area contributed by atoms with Gasteiger partial charge in [0.15, 0.2) is 6.10 Å². The van der Waals surface area contributed by atoms with Crippen LogP contribution in [0.3, 0.4) is 0 Å². The second kappa shape index (κ2) is 8.04. The molecule has 1 aromatic heterocycles. The fourth-order valence-electron chi connectivity index (χ4n) is 3.28. The molecule has 1 amide bonds. The number of esters is 1. The smallest absolute Gasteiger partial charge is 0.349 e. The summed E-state index contributed by atoms with van der Waals surface area (Å²) in [5, 5.41) is 2.88. The molecule has 1 heterocycles. The summed E-state index contributed by atoms with van der Waals surface area (Å²) in [6.07, 6.45) is 4.82. The minimum Gasteiger partial charge on any atom is -0.448 e. The van der Waals surface area contributed by atoms with Gasteiger partial charge in [-0.3, -0.25) is 4.79 Å². The lowest BCUT2D eigenvalue weighted by Crippen LogP contribution is -2.30. The number of fused-ring (bicyclic) bond motifs is 1. The van der Waals surface area contributed by atoms with Crippen molar-refractivity contribution in [1.82, 2.24) is 0 Å². The van der Waals surface area contributed by atoms with Gasteiger partial charge in [-0.15, -0.1) is 11.3 Å². The van der Waals surface area contributed by atoms with Crippen molar-refractivity contribution < 1.29 is 14.3 Å². The van der Waals surface area contributed by atoms with Gasteiger partial charge >= 0.3 is 5.97 Å². The summed E-state index contributed by atoms with van der Waals surface area (Å²) < 4.78 is 5.42. The number of hydrogen-bond acceptors (Lipinski definition) is 4. The Balaban J connectivity index is 1.64. The van der Waals surface area contributed by atoms with E-state index in [0.29, 0.717) is 4.88 Å². The minimum atomic E-state index is -0.844. The highest BCUT2D eigenvalue weighted by Crippen LogP contribution is 2.29. The van der Waals surface area contributed by atoms with Crippen LogP contribution in [0.4, 0.5) is 5.69 Å². The Hall–Kier alpha value is -2.14. The third-order valence-electron chi connectivity index (χ3n) is 4.83. The molecule has 4 nitrogen and oxygen atoms in total. The summed E-state index contributed by atoms with van der Waals surface area (Å²) in [5.74, 6) is -0.721. The van der Waals surface area contributed by atoms with Gasteiger partial charge in [-0.2, -0.15) is 0 Å². The average Bonchev–Trinajstić information content (AvgIpc) is 2.89. The van der Waals surface area contributed by atoms with Crippen molar-refractivity contribution in [3.63, 3.8) is 0 Å². The van der Waals surface area contributed by atoms with Gasteiger partial charge in [0.05, 0.1) is 0 Å². The van der Waals surface area contributed by atoms with E-state index in [4.69, 9.17) is 4.74 Å². The van der Waals surface area contributed by atoms with Crippen LogP contribution in [0.25, 0.3) is 0 Å². The van der Waals surface area contributed by atoms with Crippen molar-refractivity contribution >= 4 is 28.9 Å². The van der Waals surface area contributed by atoms with Crippen molar-refractivity contribution in [2.75, 3.05) is 5.32 Å². The Morgan fingerprint density at radius 1 is 1.12 bits per heavy atom. The zero-order valence-corrected chi connectivity index (χ0v) is 16.4. The van der Waals surface area contributed by atoms with Gasteiger partial charge in [0.1, 0.15) is 4.88 Å². The first-order valence-corrected chi connectivity index (χ1v) is 9.97. The molecule has 1 aromatic carbocycles. The molecule has 3 rings (SSSR count). The first kappa shape index (κ1) is 18.6. The molecule has 26 heavy (non-hydrogen) atoms. The first-order valence-electron chi connectivity index (χ1n) is 9.15. The molecule has 0 fully saturated rings. The van der Waals surface area contributed by atoms with Gasteiger partial charge in [0.25, 0.3) is 5.91 Å². The van der Waals surface area contributed by atoms with Crippen LogP contribution in [0.5, 0.6) is 0 Å².